The number of hydrogen-bond donors (Lipinski definition) is 0. The van der Waals surface area contributed by atoms with Crippen LogP contribution in [0.1, 0.15) is 0 Å². The van der Waals surface area contributed by atoms with Gasteiger partial charge in [-0.25, -0.2) is 14.5 Å². The number of nitrogens with zero attached hydrogens (tertiary/aromatic N) is 5. The van der Waals surface area contributed by atoms with E-state index < -0.39 is 0 Å². The fourth-order valence-corrected chi connectivity index (χ4v) is 8.16. The summed E-state index contributed by atoms with van der Waals surface area (Å²) in [7, 11) is 0. The van der Waals surface area contributed by atoms with Crippen LogP contribution in [0.3, 0.4) is 0 Å². The number of para-hydroxylation sites is 2. The number of pyridine rings is 1. The minimum atomic E-state index is 0.662. The maximum atomic E-state index is 5.39. The minimum Gasteiger partial charge on any atom is -0.294 e. The lowest BCUT2D eigenvalue weighted by Crippen LogP contribution is -2.02. The zero-order valence-corrected chi connectivity index (χ0v) is 30.3. The second-order valence-electron chi connectivity index (χ2n) is 14.1. The molecule has 4 aromatic heterocycles. The van der Waals surface area contributed by atoms with Crippen LogP contribution in [0.4, 0.5) is 0 Å². The van der Waals surface area contributed by atoms with Crippen LogP contribution in [-0.2, 0) is 0 Å². The van der Waals surface area contributed by atoms with Crippen molar-refractivity contribution in [2.75, 3.05) is 0 Å². The van der Waals surface area contributed by atoms with E-state index in [1.165, 1.54) is 16.2 Å². The van der Waals surface area contributed by atoms with Gasteiger partial charge < -0.3 is 0 Å². The highest BCUT2D eigenvalue weighted by molar-refractivity contribution is 6.10. The molecule has 0 aliphatic rings. The molecule has 0 amide bonds. The highest BCUT2D eigenvalue weighted by Gasteiger charge is 2.22. The number of hydrogen-bond acceptors (Lipinski definition) is 3. The maximum absolute atomic E-state index is 5.39. The second-order valence-corrected chi connectivity index (χ2v) is 14.1. The van der Waals surface area contributed by atoms with Gasteiger partial charge in [0.05, 0.1) is 27.9 Å². The molecule has 0 saturated heterocycles. The summed E-state index contributed by atoms with van der Waals surface area (Å²) in [4.78, 5) is 10.5. The van der Waals surface area contributed by atoms with Gasteiger partial charge in [-0.2, -0.15) is 5.10 Å². The van der Waals surface area contributed by atoms with E-state index in [0.29, 0.717) is 5.82 Å². The molecule has 5 heteroatoms. The Kier molecular flexibility index (Phi) is 7.42. The molecule has 0 aliphatic carbocycles. The summed E-state index contributed by atoms with van der Waals surface area (Å²) in [6, 6.07) is 70.1. The molecule has 0 spiro atoms. The van der Waals surface area contributed by atoms with Gasteiger partial charge in [-0.3, -0.25) is 4.57 Å². The van der Waals surface area contributed by atoms with Crippen LogP contribution in [0.25, 0.3) is 100 Å². The van der Waals surface area contributed by atoms with Gasteiger partial charge in [0, 0.05) is 50.0 Å². The molecule has 0 radical (unpaired) electrons. The Bertz CT molecular complexity index is 3170. The highest BCUT2D eigenvalue weighted by Crippen LogP contribution is 2.41. The molecule has 0 unspecified atom stereocenters. The normalized spacial score (nSPS) is 11.6. The second kappa shape index (κ2) is 13.0. The molecule has 11 aromatic rings. The van der Waals surface area contributed by atoms with E-state index in [9.17, 15) is 0 Å². The van der Waals surface area contributed by atoms with Gasteiger partial charge >= 0.3 is 0 Å². The molecule has 0 fully saturated rings. The predicted octanol–water partition coefficient (Wildman–Crippen LogP) is 12.7. The van der Waals surface area contributed by atoms with Crippen LogP contribution in [0.15, 0.2) is 200 Å². The quantitative estimate of drug-likeness (QED) is 0.172. The van der Waals surface area contributed by atoms with Gasteiger partial charge in [0.15, 0.2) is 5.82 Å². The van der Waals surface area contributed by atoms with Gasteiger partial charge in [0.2, 0.25) is 0 Å². The lowest BCUT2D eigenvalue weighted by molar-refractivity contribution is 0.979. The predicted molar refractivity (Wildman–Crippen MR) is 230 cm³/mol. The fourth-order valence-electron chi connectivity index (χ4n) is 8.16. The molecule has 5 nitrogen and oxygen atoms in total. The Morgan fingerprint density at radius 1 is 0.393 bits per heavy atom. The van der Waals surface area contributed by atoms with Crippen molar-refractivity contribution < 1.29 is 0 Å². The third-order valence-corrected chi connectivity index (χ3v) is 10.8. The minimum absolute atomic E-state index is 0.662. The van der Waals surface area contributed by atoms with Crippen LogP contribution >= 0.6 is 0 Å². The van der Waals surface area contributed by atoms with E-state index in [2.05, 4.69) is 203 Å². The maximum Gasteiger partial charge on any atom is 0.162 e. The van der Waals surface area contributed by atoms with Gasteiger partial charge in [-0.1, -0.05) is 176 Å². The highest BCUT2D eigenvalue weighted by atomic mass is 15.2. The molecule has 0 aliphatic heterocycles. The Labute approximate surface area is 323 Å². The molecule has 56 heavy (non-hydrogen) atoms. The fraction of sp³-hybridized carbons (Fsp3) is 0. The van der Waals surface area contributed by atoms with Gasteiger partial charge in [-0.05, 0) is 29.1 Å². The lowest BCUT2D eigenvalue weighted by atomic mass is 9.96. The van der Waals surface area contributed by atoms with Crippen molar-refractivity contribution in [1.29, 1.82) is 0 Å². The van der Waals surface area contributed by atoms with Crippen LogP contribution < -0.4 is 0 Å². The van der Waals surface area contributed by atoms with Crippen molar-refractivity contribution in [3.05, 3.63) is 200 Å². The largest absolute Gasteiger partial charge is 0.294 e. The van der Waals surface area contributed by atoms with E-state index in [-0.39, 0.29) is 0 Å². The van der Waals surface area contributed by atoms with E-state index in [1.54, 1.807) is 0 Å². The first-order valence-corrected chi connectivity index (χ1v) is 18.9. The van der Waals surface area contributed by atoms with E-state index in [0.717, 1.165) is 78.2 Å². The van der Waals surface area contributed by atoms with E-state index in [1.807, 2.05) is 6.07 Å². The molecule has 0 N–H and O–H groups in total. The van der Waals surface area contributed by atoms with Crippen molar-refractivity contribution in [2.45, 2.75) is 0 Å². The first kappa shape index (κ1) is 31.9. The summed E-state index contributed by atoms with van der Waals surface area (Å²) in [5.74, 6) is 1.49. The summed E-state index contributed by atoms with van der Waals surface area (Å²) in [6.07, 6.45) is 0. The number of aromatic nitrogens is 5. The number of rotatable bonds is 6. The van der Waals surface area contributed by atoms with Crippen molar-refractivity contribution >= 4 is 38.1 Å². The van der Waals surface area contributed by atoms with Crippen LogP contribution in [0.2, 0.25) is 0 Å². The third kappa shape index (κ3) is 5.21. The Morgan fingerprint density at radius 2 is 0.929 bits per heavy atom. The van der Waals surface area contributed by atoms with Crippen molar-refractivity contribution in [1.82, 2.24) is 24.1 Å². The standard InChI is InChI=1S/C51H33N5/c1-4-16-34(17-5-1)43-33-47(55-44-26-14-12-24-41(44)42-25-13-15-27-45(42)55)53-51(52-43)38-30-28-36(29-31-38)48-49(37-20-8-3-9-21-37)54-56-46(35-18-6-2-7-19-35)32-39-22-10-11-23-40(39)50(48)56/h1-33H. The van der Waals surface area contributed by atoms with E-state index >= 15 is 0 Å². The molecular weight excluding hydrogens is 683 g/mol. The molecule has 11 rings (SSSR count). The molecule has 4 heterocycles. The topological polar surface area (TPSA) is 48.0 Å². The average Bonchev–Trinajstić information content (AvgIpc) is 3.84. The summed E-state index contributed by atoms with van der Waals surface area (Å²) >= 11 is 0. The Morgan fingerprint density at radius 3 is 1.59 bits per heavy atom. The van der Waals surface area contributed by atoms with Crippen LogP contribution in [0.5, 0.6) is 0 Å². The summed E-state index contributed by atoms with van der Waals surface area (Å²) in [6.45, 7) is 0. The average molecular weight is 716 g/mol. The Balaban J connectivity index is 1.13. The first-order valence-electron chi connectivity index (χ1n) is 18.9. The first-order chi connectivity index (χ1) is 27.8. The molecule has 7 aromatic carbocycles. The Hall–Kier alpha value is -7.63. The summed E-state index contributed by atoms with van der Waals surface area (Å²) in [5.41, 5.74) is 12.4. The van der Waals surface area contributed by atoms with Crippen molar-refractivity contribution in [3.8, 4) is 62.1 Å². The zero-order chi connectivity index (χ0) is 37.0. The van der Waals surface area contributed by atoms with Gasteiger partial charge in [-0.15, -0.1) is 0 Å². The summed E-state index contributed by atoms with van der Waals surface area (Å²) < 4.78 is 4.39. The van der Waals surface area contributed by atoms with Crippen molar-refractivity contribution in [3.63, 3.8) is 0 Å². The number of benzene rings is 7. The molecule has 0 saturated carbocycles. The molecule has 0 atom stereocenters. The number of fused-ring (bicyclic) bond motifs is 6. The molecule has 262 valence electrons. The SMILES string of the molecule is c1ccc(-c2cc(-n3c4ccccc4c4ccccc43)nc(-c3ccc(-c4c(-c5ccccc5)nn5c(-c6ccccc6)cc6ccccc6c45)cc3)n2)cc1. The molecular formula is C51H33N5. The monoisotopic (exact) mass is 715 g/mol. The zero-order valence-electron chi connectivity index (χ0n) is 30.3. The van der Waals surface area contributed by atoms with Crippen molar-refractivity contribution in [2.24, 2.45) is 0 Å². The van der Waals surface area contributed by atoms with Crippen LogP contribution in [-0.4, -0.2) is 24.1 Å². The summed E-state index contributed by atoms with van der Waals surface area (Å²) in [5, 5.41) is 10.1. The van der Waals surface area contributed by atoms with Crippen LogP contribution in [0, 0.1) is 0 Å². The van der Waals surface area contributed by atoms with Gasteiger partial charge in [0.1, 0.15) is 11.5 Å². The van der Waals surface area contributed by atoms with E-state index in [4.69, 9.17) is 15.1 Å². The van der Waals surface area contributed by atoms with Gasteiger partial charge in [0.25, 0.3) is 0 Å². The molecule has 0 bridgehead atoms. The lowest BCUT2D eigenvalue weighted by Gasteiger charge is -2.13. The smallest absolute Gasteiger partial charge is 0.162 e. The third-order valence-electron chi connectivity index (χ3n) is 10.8.